The molecule has 0 fully saturated rings. The Bertz CT molecular complexity index is 1220. The Kier molecular flexibility index (Phi) is 14.2. The van der Waals surface area contributed by atoms with Crippen LogP contribution >= 0.6 is 7.82 Å². The van der Waals surface area contributed by atoms with Crippen LogP contribution in [0.5, 0.6) is 0 Å². The topological polar surface area (TPSA) is 176 Å². The van der Waals surface area contributed by atoms with E-state index in [1.165, 1.54) is 6.92 Å². The number of phosphoric acid groups is 1. The molecule has 0 saturated carbocycles. The van der Waals surface area contributed by atoms with E-state index in [0.29, 0.717) is 13.0 Å². The van der Waals surface area contributed by atoms with Gasteiger partial charge in [-0.15, -0.1) is 0 Å². The molecule has 0 spiro atoms. The number of fused-ring (bicyclic) bond motifs is 1. The van der Waals surface area contributed by atoms with Crippen molar-refractivity contribution >= 4 is 42.2 Å². The van der Waals surface area contributed by atoms with Gasteiger partial charge in [-0.25, -0.2) is 4.57 Å². The average Bonchev–Trinajstić information content (AvgIpc) is 3.34. The highest BCUT2D eigenvalue weighted by atomic mass is 31.2. The third-order valence-corrected chi connectivity index (χ3v) is 7.64. The van der Waals surface area contributed by atoms with Crippen molar-refractivity contribution in [3.8, 4) is 0 Å². The Balaban J connectivity index is 1.85. The zero-order valence-electron chi connectivity index (χ0n) is 24.2. The first-order chi connectivity index (χ1) is 19.5. The summed E-state index contributed by atoms with van der Waals surface area (Å²) in [5, 5.41) is 8.82. The van der Waals surface area contributed by atoms with E-state index in [0.717, 1.165) is 29.3 Å². The van der Waals surface area contributed by atoms with E-state index >= 15 is 0 Å². The minimum absolute atomic E-state index is 0.0106. The van der Waals surface area contributed by atoms with E-state index in [-0.39, 0.29) is 43.5 Å². The van der Waals surface area contributed by atoms with Crippen molar-refractivity contribution < 1.29 is 37.7 Å². The van der Waals surface area contributed by atoms with Crippen LogP contribution in [0, 0.1) is 5.92 Å². The van der Waals surface area contributed by atoms with E-state index in [1.807, 2.05) is 45.0 Å². The summed E-state index contributed by atoms with van der Waals surface area (Å²) in [6.07, 6.45) is 4.30. The Morgan fingerprint density at radius 1 is 1.07 bits per heavy atom. The minimum atomic E-state index is -4.56. The molecule has 3 amide bonds. The van der Waals surface area contributed by atoms with Gasteiger partial charge in [-0.3, -0.25) is 28.2 Å². The number of carbonyl (C=O) groups is 4. The molecule has 0 aliphatic rings. The fourth-order valence-corrected chi connectivity index (χ4v) is 4.95. The van der Waals surface area contributed by atoms with Crippen molar-refractivity contribution in [1.82, 2.24) is 20.9 Å². The largest absolute Gasteiger partial charge is 0.472 e. The maximum atomic E-state index is 13.0. The normalized spacial score (nSPS) is 15.0. The second-order valence-electron chi connectivity index (χ2n) is 10.0. The molecule has 4 atom stereocenters. The molecule has 1 heterocycles. The van der Waals surface area contributed by atoms with Gasteiger partial charge in [0.05, 0.1) is 25.7 Å². The second kappa shape index (κ2) is 17.0. The van der Waals surface area contributed by atoms with E-state index in [9.17, 15) is 28.6 Å². The summed E-state index contributed by atoms with van der Waals surface area (Å²) in [5.74, 6) is -1.64. The predicted molar refractivity (Wildman–Crippen MR) is 155 cm³/mol. The second-order valence-corrected chi connectivity index (χ2v) is 11.5. The molecule has 13 heteroatoms. The molecule has 0 aliphatic heterocycles. The Morgan fingerprint density at radius 3 is 2.49 bits per heavy atom. The van der Waals surface area contributed by atoms with Crippen LogP contribution in [-0.4, -0.2) is 65.2 Å². The van der Waals surface area contributed by atoms with Crippen LogP contribution < -0.4 is 16.0 Å². The van der Waals surface area contributed by atoms with Crippen LogP contribution in [0.1, 0.15) is 65.4 Å². The average molecular weight is 595 g/mol. The molecule has 41 heavy (non-hydrogen) atoms. The van der Waals surface area contributed by atoms with Crippen molar-refractivity contribution in [2.75, 3.05) is 19.8 Å². The van der Waals surface area contributed by atoms with Crippen molar-refractivity contribution in [3.63, 3.8) is 0 Å². The maximum absolute atomic E-state index is 13.0. The van der Waals surface area contributed by atoms with Gasteiger partial charge in [0.25, 0.3) is 0 Å². The van der Waals surface area contributed by atoms with Gasteiger partial charge in [0.1, 0.15) is 6.04 Å². The quantitative estimate of drug-likeness (QED) is 0.122. The van der Waals surface area contributed by atoms with Crippen molar-refractivity contribution in [3.05, 3.63) is 36.0 Å². The highest BCUT2D eigenvalue weighted by molar-refractivity contribution is 7.47. The smallest absolute Gasteiger partial charge is 0.361 e. The number of carbonyl (C=O) groups excluding carboxylic acids is 4. The first-order valence-corrected chi connectivity index (χ1v) is 15.5. The molecular weight excluding hydrogens is 551 g/mol. The number of unbranched alkanes of at least 4 members (excludes halogenated alkanes) is 1. The number of para-hydroxylation sites is 1. The lowest BCUT2D eigenvalue weighted by molar-refractivity contribution is -0.129. The number of Topliss-reactive ketones (excluding diaryl/α,β-unsaturated/α-hetero) is 1. The van der Waals surface area contributed by atoms with Crippen molar-refractivity contribution in [2.45, 2.75) is 78.3 Å². The molecule has 1 aromatic heterocycles. The molecule has 2 rings (SSSR count). The van der Waals surface area contributed by atoms with Gasteiger partial charge in [0.2, 0.25) is 17.7 Å². The highest BCUT2D eigenvalue weighted by Gasteiger charge is 2.29. The van der Waals surface area contributed by atoms with Crippen LogP contribution in [0.3, 0.4) is 0 Å². The highest BCUT2D eigenvalue weighted by Crippen LogP contribution is 2.43. The third kappa shape index (κ3) is 11.8. The fraction of sp³-hybridized carbons (Fsp3) is 0.571. The van der Waals surface area contributed by atoms with Crippen LogP contribution in [0.15, 0.2) is 30.5 Å². The van der Waals surface area contributed by atoms with Crippen LogP contribution in [0.2, 0.25) is 0 Å². The zero-order chi connectivity index (χ0) is 30.4. The first kappa shape index (κ1) is 34.2. The van der Waals surface area contributed by atoms with Crippen LogP contribution in [-0.2, 0) is 39.2 Å². The number of hydrogen-bond donors (Lipinski definition) is 5. The lowest BCUT2D eigenvalue weighted by Gasteiger charge is -2.23. The Hall–Kier alpha value is -3.05. The summed E-state index contributed by atoms with van der Waals surface area (Å²) in [6.45, 7) is 6.55. The number of phosphoric ester groups is 1. The van der Waals surface area contributed by atoms with Gasteiger partial charge in [-0.2, -0.15) is 0 Å². The van der Waals surface area contributed by atoms with Crippen LogP contribution in [0.4, 0.5) is 0 Å². The Labute approximate surface area is 240 Å². The molecule has 2 aromatic rings. The maximum Gasteiger partial charge on any atom is 0.472 e. The van der Waals surface area contributed by atoms with Gasteiger partial charge in [0, 0.05) is 37.0 Å². The van der Waals surface area contributed by atoms with Gasteiger partial charge in [-0.1, -0.05) is 51.8 Å². The number of hydrogen-bond acceptors (Lipinski definition) is 7. The summed E-state index contributed by atoms with van der Waals surface area (Å²) in [5.41, 5.74) is 1.76. The number of nitrogens with one attached hydrogen (secondary N) is 4. The summed E-state index contributed by atoms with van der Waals surface area (Å²) in [7, 11) is -4.56. The molecule has 1 aromatic carbocycles. The summed E-state index contributed by atoms with van der Waals surface area (Å²) in [4.78, 5) is 62.7. The van der Waals surface area contributed by atoms with Gasteiger partial charge in [0.15, 0.2) is 5.78 Å². The predicted octanol–water partition coefficient (Wildman–Crippen LogP) is 3.15. The minimum Gasteiger partial charge on any atom is -0.361 e. The molecule has 0 bridgehead atoms. The van der Waals surface area contributed by atoms with Gasteiger partial charge >= 0.3 is 7.82 Å². The molecule has 0 saturated heterocycles. The number of benzene rings is 1. The van der Waals surface area contributed by atoms with E-state index in [2.05, 4.69) is 20.9 Å². The SMILES string of the molecule is CCCCNC(=O)[C@H](COP(=O)(O)OCCCC(=O)[C@@H](NC(=O)Cc1c[nH]c2ccccc12)[C@@H](C)CC)NC(C)=O. The van der Waals surface area contributed by atoms with Gasteiger partial charge in [-0.05, 0) is 30.4 Å². The van der Waals surface area contributed by atoms with E-state index in [1.54, 1.807) is 6.20 Å². The molecule has 1 unspecified atom stereocenters. The van der Waals surface area contributed by atoms with E-state index < -0.39 is 38.3 Å². The number of ketones is 1. The molecule has 0 aliphatic carbocycles. The first-order valence-electron chi connectivity index (χ1n) is 14.0. The zero-order valence-corrected chi connectivity index (χ0v) is 25.1. The number of H-pyrrole nitrogens is 1. The molecule has 5 N–H and O–H groups in total. The van der Waals surface area contributed by atoms with E-state index in [4.69, 9.17) is 9.05 Å². The molecule has 12 nitrogen and oxygen atoms in total. The van der Waals surface area contributed by atoms with Crippen molar-refractivity contribution in [2.24, 2.45) is 5.92 Å². The number of aromatic amines is 1. The number of aromatic nitrogens is 1. The number of amides is 3. The standard InChI is InChI=1S/C28H43N4O8P/c1-5-7-14-29-28(36)24(31-20(4)33)18-40-41(37,38)39-15-10-13-25(34)27(19(3)6-2)32-26(35)16-21-17-30-23-12-9-8-11-22(21)23/h8-9,11-12,17,19,24,27,30H,5-7,10,13-16,18H2,1-4H3,(H,29,36)(H,31,33)(H,32,35)(H,37,38)/t19-,24-,27-/m0/s1. The summed E-state index contributed by atoms with van der Waals surface area (Å²) in [6, 6.07) is 5.78. The van der Waals surface area contributed by atoms with Crippen LogP contribution in [0.25, 0.3) is 10.9 Å². The molecule has 0 radical (unpaired) electrons. The molecule has 228 valence electrons. The van der Waals surface area contributed by atoms with Crippen molar-refractivity contribution in [1.29, 1.82) is 0 Å². The lowest BCUT2D eigenvalue weighted by Crippen LogP contribution is -2.48. The Morgan fingerprint density at radius 2 is 1.80 bits per heavy atom. The summed E-state index contributed by atoms with van der Waals surface area (Å²) < 4.78 is 22.2. The number of rotatable bonds is 19. The fourth-order valence-electron chi connectivity index (χ4n) is 4.18. The molecular formula is C28H43N4O8P. The lowest BCUT2D eigenvalue weighted by atomic mass is 9.93. The van der Waals surface area contributed by atoms with Gasteiger partial charge < -0.3 is 25.8 Å². The monoisotopic (exact) mass is 594 g/mol. The third-order valence-electron chi connectivity index (χ3n) is 6.65. The summed E-state index contributed by atoms with van der Waals surface area (Å²) >= 11 is 0.